The van der Waals surface area contributed by atoms with Gasteiger partial charge in [-0.05, 0) is 48.4 Å². The summed E-state index contributed by atoms with van der Waals surface area (Å²) in [4.78, 5) is 12.3. The van der Waals surface area contributed by atoms with Gasteiger partial charge in [-0.15, -0.1) is 0 Å². The maximum absolute atomic E-state index is 12.3. The highest BCUT2D eigenvalue weighted by atomic mass is 16.5. The summed E-state index contributed by atoms with van der Waals surface area (Å²) in [5, 5.41) is 2.88. The van der Waals surface area contributed by atoms with Crippen molar-refractivity contribution < 1.29 is 19.0 Å². The van der Waals surface area contributed by atoms with E-state index in [1.165, 1.54) is 0 Å². The smallest absolute Gasteiger partial charge is 0.256 e. The molecule has 0 unspecified atom stereocenters. The van der Waals surface area contributed by atoms with E-state index < -0.39 is 0 Å². The first kappa shape index (κ1) is 19.6. The molecule has 0 fully saturated rings. The van der Waals surface area contributed by atoms with Crippen LogP contribution in [0.5, 0.6) is 17.2 Å². The highest BCUT2D eigenvalue weighted by Gasteiger charge is 2.23. The fourth-order valence-corrected chi connectivity index (χ4v) is 3.36. The van der Waals surface area contributed by atoms with Gasteiger partial charge in [-0.25, -0.2) is 0 Å². The number of methoxy groups -OCH3 is 1. The van der Waals surface area contributed by atoms with Crippen LogP contribution < -0.4 is 19.5 Å². The summed E-state index contributed by atoms with van der Waals surface area (Å²) >= 11 is 0. The topological polar surface area (TPSA) is 56.8 Å². The molecule has 5 heteroatoms. The maximum atomic E-state index is 12.3. The Morgan fingerprint density at radius 2 is 1.60 bits per heavy atom. The van der Waals surface area contributed by atoms with Gasteiger partial charge in [0.25, 0.3) is 5.91 Å². The Hall–Kier alpha value is -3.73. The van der Waals surface area contributed by atoms with E-state index in [0.29, 0.717) is 30.3 Å². The number of hydrogen-bond acceptors (Lipinski definition) is 4. The quantitative estimate of drug-likeness (QED) is 0.449. The summed E-state index contributed by atoms with van der Waals surface area (Å²) in [7, 11) is 1.60. The number of carbonyl (C=O) groups is 1. The lowest BCUT2D eigenvalue weighted by atomic mass is 10.0. The van der Waals surface area contributed by atoms with Crippen LogP contribution in [0.1, 0.15) is 16.7 Å². The van der Waals surface area contributed by atoms with Gasteiger partial charge in [-0.3, -0.25) is 4.79 Å². The average molecular weight is 401 g/mol. The highest BCUT2D eigenvalue weighted by Crippen LogP contribution is 2.34. The molecule has 0 aromatic heterocycles. The lowest BCUT2D eigenvalue weighted by molar-refractivity contribution is -0.110. The third-order valence-corrected chi connectivity index (χ3v) is 4.90. The number of ether oxygens (including phenoxy) is 3. The van der Waals surface area contributed by atoms with Gasteiger partial charge in [0, 0.05) is 16.8 Å². The van der Waals surface area contributed by atoms with E-state index in [1.54, 1.807) is 7.11 Å². The van der Waals surface area contributed by atoms with Crippen molar-refractivity contribution >= 4 is 23.2 Å². The third-order valence-electron chi connectivity index (χ3n) is 4.90. The van der Waals surface area contributed by atoms with Gasteiger partial charge < -0.3 is 19.5 Å². The van der Waals surface area contributed by atoms with E-state index in [9.17, 15) is 4.79 Å². The third kappa shape index (κ3) is 4.15. The number of fused-ring (bicyclic) bond motifs is 1. The van der Waals surface area contributed by atoms with E-state index in [1.807, 2.05) is 79.7 Å². The lowest BCUT2D eigenvalue weighted by Crippen LogP contribution is -2.10. The first-order valence-electron chi connectivity index (χ1n) is 9.77. The van der Waals surface area contributed by atoms with Gasteiger partial charge in [0.15, 0.2) is 11.5 Å². The van der Waals surface area contributed by atoms with Crippen LogP contribution >= 0.6 is 0 Å². The molecule has 1 heterocycles. The van der Waals surface area contributed by atoms with Crippen LogP contribution in [0.15, 0.2) is 66.7 Å². The van der Waals surface area contributed by atoms with Crippen molar-refractivity contribution in [3.8, 4) is 17.2 Å². The summed E-state index contributed by atoms with van der Waals surface area (Å²) in [6, 6.07) is 21.1. The van der Waals surface area contributed by atoms with Crippen molar-refractivity contribution in [2.45, 2.75) is 6.92 Å². The van der Waals surface area contributed by atoms with Crippen LogP contribution in [0, 0.1) is 6.92 Å². The molecule has 1 aliphatic rings. The van der Waals surface area contributed by atoms with Gasteiger partial charge in [0.05, 0.1) is 7.11 Å². The number of para-hydroxylation sites is 2. The molecule has 30 heavy (non-hydrogen) atoms. The monoisotopic (exact) mass is 401 g/mol. The van der Waals surface area contributed by atoms with Crippen molar-refractivity contribution in [3.63, 3.8) is 0 Å². The molecule has 0 saturated carbocycles. The molecule has 0 radical (unpaired) electrons. The van der Waals surface area contributed by atoms with Crippen molar-refractivity contribution in [3.05, 3.63) is 83.4 Å². The molecule has 0 spiro atoms. The Labute approximate surface area is 175 Å². The molecule has 4 rings (SSSR count). The summed E-state index contributed by atoms with van der Waals surface area (Å²) in [5.41, 5.74) is 4.31. The van der Waals surface area contributed by atoms with Gasteiger partial charge in [-0.1, -0.05) is 42.5 Å². The molecule has 0 saturated heterocycles. The minimum atomic E-state index is -0.108. The molecule has 1 amide bonds. The predicted octanol–water partition coefficient (Wildman–Crippen LogP) is 4.95. The van der Waals surface area contributed by atoms with Gasteiger partial charge >= 0.3 is 0 Å². The molecule has 0 aliphatic carbocycles. The number of nitrogens with one attached hydrogen (secondary N) is 1. The van der Waals surface area contributed by atoms with Crippen LogP contribution in [0.4, 0.5) is 5.69 Å². The normalized spacial score (nSPS) is 13.7. The number of amides is 1. The Balaban J connectivity index is 1.44. The molecule has 1 aliphatic heterocycles. The Bertz CT molecular complexity index is 1100. The molecule has 3 aromatic carbocycles. The molecular formula is C25H23NO4. The SMILES string of the molecule is COc1cc(/C=C2/C(=O)Nc3ccccc32)ccc1OCCOc1ccccc1C. The van der Waals surface area contributed by atoms with Crippen LogP contribution in [-0.2, 0) is 4.79 Å². The Morgan fingerprint density at radius 3 is 2.40 bits per heavy atom. The molecule has 3 aromatic rings. The number of anilines is 1. The largest absolute Gasteiger partial charge is 0.493 e. The van der Waals surface area contributed by atoms with Crippen molar-refractivity contribution in [2.24, 2.45) is 0 Å². The molecule has 1 N–H and O–H groups in total. The van der Waals surface area contributed by atoms with Crippen LogP contribution in [0.3, 0.4) is 0 Å². The zero-order chi connectivity index (χ0) is 20.9. The van der Waals surface area contributed by atoms with E-state index in [-0.39, 0.29) is 5.91 Å². The summed E-state index contributed by atoms with van der Waals surface area (Å²) in [6.07, 6.45) is 1.86. The molecule has 0 bridgehead atoms. The average Bonchev–Trinajstić information content (AvgIpc) is 3.08. The number of carbonyl (C=O) groups excluding carboxylic acids is 1. The van der Waals surface area contributed by atoms with Gasteiger partial charge in [0.1, 0.15) is 19.0 Å². The van der Waals surface area contributed by atoms with E-state index >= 15 is 0 Å². The van der Waals surface area contributed by atoms with Gasteiger partial charge in [-0.2, -0.15) is 0 Å². The van der Waals surface area contributed by atoms with Gasteiger partial charge in [0.2, 0.25) is 0 Å². The lowest BCUT2D eigenvalue weighted by Gasteiger charge is -2.13. The Kier molecular flexibility index (Phi) is 5.70. The summed E-state index contributed by atoms with van der Waals surface area (Å²) < 4.78 is 17.1. The predicted molar refractivity (Wildman–Crippen MR) is 118 cm³/mol. The summed E-state index contributed by atoms with van der Waals surface area (Å²) in [6.45, 7) is 2.83. The fourth-order valence-electron chi connectivity index (χ4n) is 3.36. The van der Waals surface area contributed by atoms with Crippen LogP contribution in [-0.4, -0.2) is 26.2 Å². The van der Waals surface area contributed by atoms with Crippen LogP contribution in [0.25, 0.3) is 11.6 Å². The standard InChI is InChI=1S/C25H23NO4/c1-17-7-3-6-10-22(17)29-13-14-30-23-12-11-18(16-24(23)28-2)15-20-19-8-4-5-9-21(19)26-25(20)27/h3-12,15-16H,13-14H2,1-2H3,(H,26,27)/b20-15+. The minimum Gasteiger partial charge on any atom is -0.493 e. The first-order valence-corrected chi connectivity index (χ1v) is 9.77. The van der Waals surface area contributed by atoms with Crippen molar-refractivity contribution in [2.75, 3.05) is 25.6 Å². The van der Waals surface area contributed by atoms with Crippen molar-refractivity contribution in [1.29, 1.82) is 0 Å². The summed E-state index contributed by atoms with van der Waals surface area (Å²) in [5.74, 6) is 1.98. The second kappa shape index (κ2) is 8.74. The van der Waals surface area contributed by atoms with E-state index in [2.05, 4.69) is 5.32 Å². The zero-order valence-corrected chi connectivity index (χ0v) is 17.0. The number of benzene rings is 3. The highest BCUT2D eigenvalue weighted by molar-refractivity contribution is 6.34. The second-order valence-corrected chi connectivity index (χ2v) is 6.93. The Morgan fingerprint density at radius 1 is 0.867 bits per heavy atom. The number of hydrogen-bond donors (Lipinski definition) is 1. The van der Waals surface area contributed by atoms with E-state index in [0.717, 1.165) is 28.1 Å². The minimum absolute atomic E-state index is 0.108. The van der Waals surface area contributed by atoms with Crippen molar-refractivity contribution in [1.82, 2.24) is 0 Å². The fraction of sp³-hybridized carbons (Fsp3) is 0.160. The maximum Gasteiger partial charge on any atom is 0.256 e. The van der Waals surface area contributed by atoms with E-state index in [4.69, 9.17) is 14.2 Å². The zero-order valence-electron chi connectivity index (χ0n) is 17.0. The number of aryl methyl sites for hydroxylation is 1. The van der Waals surface area contributed by atoms with Crippen LogP contribution in [0.2, 0.25) is 0 Å². The molecule has 5 nitrogen and oxygen atoms in total. The molecule has 0 atom stereocenters. The number of rotatable bonds is 7. The molecule has 152 valence electrons. The first-order chi connectivity index (χ1) is 14.7. The second-order valence-electron chi connectivity index (χ2n) is 6.93. The molecular weight excluding hydrogens is 378 g/mol.